The van der Waals surface area contributed by atoms with Gasteiger partial charge in [0, 0.05) is 29.9 Å². The van der Waals surface area contributed by atoms with Crippen LogP contribution in [-0.4, -0.2) is 41.9 Å². The topological polar surface area (TPSA) is 61.4 Å². The lowest BCUT2D eigenvalue weighted by atomic mass is 9.98. The molecule has 1 aliphatic rings. The quantitative estimate of drug-likeness (QED) is 0.892. The Labute approximate surface area is 144 Å². The molecule has 0 saturated carbocycles. The van der Waals surface area contributed by atoms with Crippen LogP contribution in [0, 0.1) is 5.92 Å². The molecule has 1 fully saturated rings. The van der Waals surface area contributed by atoms with Gasteiger partial charge in [0.1, 0.15) is 0 Å². The third kappa shape index (κ3) is 5.64. The van der Waals surface area contributed by atoms with E-state index in [1.807, 2.05) is 43.9 Å². The predicted octanol–water partition coefficient (Wildman–Crippen LogP) is 2.89. The lowest BCUT2D eigenvalue weighted by Gasteiger charge is -2.30. The molecule has 0 aliphatic carbocycles. The van der Waals surface area contributed by atoms with Crippen molar-refractivity contribution in [1.82, 2.24) is 10.2 Å². The molecule has 0 bridgehead atoms. The molecule has 2 rings (SSSR count). The highest BCUT2D eigenvalue weighted by atomic mass is 16.2. The summed E-state index contributed by atoms with van der Waals surface area (Å²) in [6.07, 6.45) is 2.11. The van der Waals surface area contributed by atoms with Crippen LogP contribution in [0.5, 0.6) is 0 Å². The van der Waals surface area contributed by atoms with Gasteiger partial charge < -0.3 is 15.5 Å². The molecule has 1 aromatic rings. The largest absolute Gasteiger partial charge is 0.339 e. The molecule has 1 saturated heterocycles. The van der Waals surface area contributed by atoms with E-state index in [-0.39, 0.29) is 23.9 Å². The van der Waals surface area contributed by atoms with Crippen molar-refractivity contribution < 1.29 is 9.59 Å². The molecule has 1 aromatic carbocycles. The lowest BCUT2D eigenvalue weighted by molar-refractivity contribution is -0.115. The first-order valence-electron chi connectivity index (χ1n) is 8.69. The fourth-order valence-corrected chi connectivity index (χ4v) is 2.67. The van der Waals surface area contributed by atoms with E-state index < -0.39 is 0 Å². The maximum absolute atomic E-state index is 12.6. The first-order valence-corrected chi connectivity index (χ1v) is 8.69. The Morgan fingerprint density at radius 2 is 1.88 bits per heavy atom. The van der Waals surface area contributed by atoms with E-state index in [1.54, 1.807) is 6.07 Å². The Morgan fingerprint density at radius 1 is 1.21 bits per heavy atom. The van der Waals surface area contributed by atoms with E-state index >= 15 is 0 Å². The standard InChI is InChI=1S/C19H29N3O2/c1-14-8-10-22(11-9-14)18(24)15-6-5-7-16(12-15)21-17(23)13-20-19(2,3)4/h5-7,12,14,20H,8-11,13H2,1-4H3,(H,21,23). The normalized spacial score (nSPS) is 16.1. The molecule has 132 valence electrons. The fraction of sp³-hybridized carbons (Fsp3) is 0.579. The number of nitrogens with zero attached hydrogens (tertiary/aromatic N) is 1. The number of amides is 2. The van der Waals surface area contributed by atoms with E-state index in [1.165, 1.54) is 0 Å². The zero-order chi connectivity index (χ0) is 17.7. The van der Waals surface area contributed by atoms with Crippen LogP contribution in [-0.2, 0) is 4.79 Å². The average Bonchev–Trinajstić information content (AvgIpc) is 2.53. The molecule has 2 N–H and O–H groups in total. The number of nitrogens with one attached hydrogen (secondary N) is 2. The van der Waals surface area contributed by atoms with E-state index in [0.717, 1.165) is 25.9 Å². The Kier molecular flexibility index (Phi) is 5.99. The Hall–Kier alpha value is -1.88. The first-order chi connectivity index (χ1) is 11.2. The summed E-state index contributed by atoms with van der Waals surface area (Å²) in [7, 11) is 0. The second kappa shape index (κ2) is 7.79. The van der Waals surface area contributed by atoms with Crippen LogP contribution in [0.4, 0.5) is 5.69 Å². The Morgan fingerprint density at radius 3 is 2.50 bits per heavy atom. The van der Waals surface area contributed by atoms with Crippen LogP contribution < -0.4 is 10.6 Å². The summed E-state index contributed by atoms with van der Waals surface area (Å²) in [4.78, 5) is 26.5. The molecule has 1 heterocycles. The summed E-state index contributed by atoms with van der Waals surface area (Å²) in [5.74, 6) is 0.627. The summed E-state index contributed by atoms with van der Waals surface area (Å²) >= 11 is 0. The second-order valence-corrected chi connectivity index (χ2v) is 7.71. The zero-order valence-electron chi connectivity index (χ0n) is 15.2. The minimum atomic E-state index is -0.111. The number of carbonyl (C=O) groups excluding carboxylic acids is 2. The molecule has 0 radical (unpaired) electrons. The average molecular weight is 331 g/mol. The minimum absolute atomic E-state index is 0.0471. The number of hydrogen-bond donors (Lipinski definition) is 2. The molecule has 0 atom stereocenters. The fourth-order valence-electron chi connectivity index (χ4n) is 2.67. The molecule has 1 aliphatic heterocycles. The van der Waals surface area contributed by atoms with Crippen molar-refractivity contribution in [1.29, 1.82) is 0 Å². The van der Waals surface area contributed by atoms with Crippen LogP contribution in [0.15, 0.2) is 24.3 Å². The second-order valence-electron chi connectivity index (χ2n) is 7.71. The number of anilines is 1. The Balaban J connectivity index is 1.95. The van der Waals surface area contributed by atoms with Crippen LogP contribution in [0.25, 0.3) is 0 Å². The Bertz CT molecular complexity index is 585. The van der Waals surface area contributed by atoms with Crippen molar-refractivity contribution in [2.24, 2.45) is 5.92 Å². The van der Waals surface area contributed by atoms with E-state index in [9.17, 15) is 9.59 Å². The number of carbonyl (C=O) groups is 2. The molecule has 0 unspecified atom stereocenters. The van der Waals surface area contributed by atoms with Gasteiger partial charge in [0.15, 0.2) is 0 Å². The highest BCUT2D eigenvalue weighted by molar-refractivity contribution is 5.97. The summed E-state index contributed by atoms with van der Waals surface area (Å²) in [5.41, 5.74) is 1.18. The highest BCUT2D eigenvalue weighted by Gasteiger charge is 2.21. The van der Waals surface area contributed by atoms with Crippen LogP contribution in [0.3, 0.4) is 0 Å². The van der Waals surface area contributed by atoms with Crippen LogP contribution >= 0.6 is 0 Å². The van der Waals surface area contributed by atoms with Gasteiger partial charge in [-0.3, -0.25) is 9.59 Å². The lowest BCUT2D eigenvalue weighted by Crippen LogP contribution is -2.41. The highest BCUT2D eigenvalue weighted by Crippen LogP contribution is 2.19. The van der Waals surface area contributed by atoms with Crippen LogP contribution in [0.2, 0.25) is 0 Å². The molecule has 5 heteroatoms. The summed E-state index contributed by atoms with van der Waals surface area (Å²) in [5, 5.41) is 6.00. The number of rotatable bonds is 4. The van der Waals surface area contributed by atoms with Gasteiger partial charge >= 0.3 is 0 Å². The molecular formula is C19H29N3O2. The van der Waals surface area contributed by atoms with E-state index in [2.05, 4.69) is 17.6 Å². The summed E-state index contributed by atoms with van der Waals surface area (Å²) in [6.45, 7) is 10.1. The van der Waals surface area contributed by atoms with Gasteiger partial charge in [0.2, 0.25) is 5.91 Å². The third-order valence-electron chi connectivity index (χ3n) is 4.24. The van der Waals surface area contributed by atoms with Crippen molar-refractivity contribution in [3.63, 3.8) is 0 Å². The molecule has 2 amide bonds. The first kappa shape index (κ1) is 18.5. The maximum Gasteiger partial charge on any atom is 0.253 e. The predicted molar refractivity (Wildman–Crippen MR) is 97.1 cm³/mol. The summed E-state index contributed by atoms with van der Waals surface area (Å²) < 4.78 is 0. The maximum atomic E-state index is 12.6. The number of piperidine rings is 1. The molecular weight excluding hydrogens is 302 g/mol. The number of likely N-dealkylation sites (tertiary alicyclic amines) is 1. The van der Waals surface area contributed by atoms with Crippen molar-refractivity contribution in [3.05, 3.63) is 29.8 Å². The smallest absolute Gasteiger partial charge is 0.253 e. The van der Waals surface area contributed by atoms with Gasteiger partial charge in [0.05, 0.1) is 6.54 Å². The van der Waals surface area contributed by atoms with Gasteiger partial charge in [-0.15, -0.1) is 0 Å². The van der Waals surface area contributed by atoms with Gasteiger partial charge in [-0.25, -0.2) is 0 Å². The van der Waals surface area contributed by atoms with Crippen LogP contribution in [0.1, 0.15) is 50.9 Å². The number of benzene rings is 1. The molecule has 0 aromatic heterocycles. The van der Waals surface area contributed by atoms with Gasteiger partial charge in [-0.2, -0.15) is 0 Å². The van der Waals surface area contributed by atoms with Gasteiger partial charge in [0.25, 0.3) is 5.91 Å². The van der Waals surface area contributed by atoms with Crippen molar-refractivity contribution in [2.45, 2.75) is 46.1 Å². The van der Waals surface area contributed by atoms with Gasteiger partial charge in [-0.05, 0) is 57.7 Å². The van der Waals surface area contributed by atoms with E-state index in [4.69, 9.17) is 0 Å². The summed E-state index contributed by atoms with van der Waals surface area (Å²) in [6, 6.07) is 7.19. The number of hydrogen-bond acceptors (Lipinski definition) is 3. The molecule has 0 spiro atoms. The molecule has 24 heavy (non-hydrogen) atoms. The van der Waals surface area contributed by atoms with Gasteiger partial charge in [-0.1, -0.05) is 13.0 Å². The monoisotopic (exact) mass is 331 g/mol. The zero-order valence-corrected chi connectivity index (χ0v) is 15.2. The minimum Gasteiger partial charge on any atom is -0.339 e. The van der Waals surface area contributed by atoms with Crippen molar-refractivity contribution in [2.75, 3.05) is 25.0 Å². The SMILES string of the molecule is CC1CCN(C(=O)c2cccc(NC(=O)CNC(C)(C)C)c2)CC1. The van der Waals surface area contributed by atoms with E-state index in [0.29, 0.717) is 17.2 Å². The third-order valence-corrected chi connectivity index (χ3v) is 4.24. The van der Waals surface area contributed by atoms with Crippen molar-refractivity contribution in [3.8, 4) is 0 Å². The molecule has 5 nitrogen and oxygen atoms in total. The van der Waals surface area contributed by atoms with Crippen molar-refractivity contribution >= 4 is 17.5 Å².